The molecule has 3 heterocycles. The van der Waals surface area contributed by atoms with Crippen molar-refractivity contribution in [1.29, 1.82) is 0 Å². The third-order valence-electron chi connectivity index (χ3n) is 4.71. The van der Waals surface area contributed by atoms with Crippen LogP contribution in [0.4, 0.5) is 0 Å². The largest absolute Gasteiger partial charge is 0.360 e. The van der Waals surface area contributed by atoms with Gasteiger partial charge in [0.25, 0.3) is 5.56 Å². The van der Waals surface area contributed by atoms with Crippen LogP contribution < -0.4 is 5.56 Å². The SMILES string of the molecule is Cc1cc(CN2CCC(Cn3cnc(C(C)C)cc3=O)CC2)on1. The summed E-state index contributed by atoms with van der Waals surface area (Å²) in [7, 11) is 0. The van der Waals surface area contributed by atoms with E-state index >= 15 is 0 Å². The highest BCUT2D eigenvalue weighted by Crippen LogP contribution is 2.20. The number of aromatic nitrogens is 3. The number of rotatable bonds is 5. The van der Waals surface area contributed by atoms with E-state index in [0.717, 1.165) is 56.2 Å². The van der Waals surface area contributed by atoms with Crippen LogP contribution in [-0.4, -0.2) is 32.7 Å². The van der Waals surface area contributed by atoms with Gasteiger partial charge in [-0.1, -0.05) is 19.0 Å². The summed E-state index contributed by atoms with van der Waals surface area (Å²) in [6, 6.07) is 3.67. The summed E-state index contributed by atoms with van der Waals surface area (Å²) in [4.78, 5) is 19.0. The maximum absolute atomic E-state index is 12.2. The van der Waals surface area contributed by atoms with Gasteiger partial charge < -0.3 is 4.52 Å². The molecule has 1 saturated heterocycles. The summed E-state index contributed by atoms with van der Waals surface area (Å²) in [5, 5.41) is 3.94. The van der Waals surface area contributed by atoms with Gasteiger partial charge in [0, 0.05) is 18.7 Å². The van der Waals surface area contributed by atoms with Crippen LogP contribution >= 0.6 is 0 Å². The highest BCUT2D eigenvalue weighted by molar-refractivity contribution is 5.04. The van der Waals surface area contributed by atoms with Gasteiger partial charge in [-0.3, -0.25) is 14.3 Å². The Morgan fingerprint density at radius 3 is 2.62 bits per heavy atom. The van der Waals surface area contributed by atoms with Crippen molar-refractivity contribution in [3.05, 3.63) is 46.0 Å². The van der Waals surface area contributed by atoms with Crippen molar-refractivity contribution in [2.24, 2.45) is 5.92 Å². The first-order chi connectivity index (χ1) is 11.5. The van der Waals surface area contributed by atoms with Crippen LogP contribution in [0.2, 0.25) is 0 Å². The average Bonchev–Trinajstić information content (AvgIpc) is 2.96. The fourth-order valence-corrected chi connectivity index (χ4v) is 3.21. The second-order valence-corrected chi connectivity index (χ2v) is 7.11. The number of likely N-dealkylation sites (tertiary alicyclic amines) is 1. The lowest BCUT2D eigenvalue weighted by molar-refractivity contribution is 0.152. The topological polar surface area (TPSA) is 64.2 Å². The first-order valence-electron chi connectivity index (χ1n) is 8.72. The highest BCUT2D eigenvalue weighted by atomic mass is 16.5. The summed E-state index contributed by atoms with van der Waals surface area (Å²) in [6.07, 6.45) is 3.89. The minimum Gasteiger partial charge on any atom is -0.360 e. The van der Waals surface area contributed by atoms with Crippen LogP contribution in [0.1, 0.15) is 49.8 Å². The van der Waals surface area contributed by atoms with E-state index in [2.05, 4.69) is 28.9 Å². The summed E-state index contributed by atoms with van der Waals surface area (Å²) < 4.78 is 7.05. The predicted molar refractivity (Wildman–Crippen MR) is 91.8 cm³/mol. The fraction of sp³-hybridized carbons (Fsp3) is 0.611. The van der Waals surface area contributed by atoms with E-state index in [1.165, 1.54) is 0 Å². The van der Waals surface area contributed by atoms with Gasteiger partial charge in [-0.05, 0) is 44.7 Å². The zero-order valence-electron chi connectivity index (χ0n) is 14.7. The summed E-state index contributed by atoms with van der Waals surface area (Å²) in [6.45, 7) is 9.68. The molecule has 0 radical (unpaired) electrons. The number of nitrogens with zero attached hydrogens (tertiary/aromatic N) is 4. The third-order valence-corrected chi connectivity index (χ3v) is 4.71. The number of aryl methyl sites for hydroxylation is 1. The van der Waals surface area contributed by atoms with Gasteiger partial charge in [0.2, 0.25) is 0 Å². The minimum absolute atomic E-state index is 0.0632. The molecule has 0 spiro atoms. The van der Waals surface area contributed by atoms with Crippen molar-refractivity contribution in [2.75, 3.05) is 13.1 Å². The molecule has 0 aromatic carbocycles. The second-order valence-electron chi connectivity index (χ2n) is 7.11. The number of hydrogen-bond acceptors (Lipinski definition) is 5. The Labute approximate surface area is 142 Å². The minimum atomic E-state index is 0.0632. The van der Waals surface area contributed by atoms with Crippen LogP contribution in [-0.2, 0) is 13.1 Å². The monoisotopic (exact) mass is 330 g/mol. The standard InChI is InChI=1S/C18H26N4O2/c1-13(2)17-9-18(23)22(12-19-17)10-15-4-6-21(7-5-15)11-16-8-14(3)20-24-16/h8-9,12-13,15H,4-7,10-11H2,1-3H3. The molecule has 0 atom stereocenters. The predicted octanol–water partition coefficient (Wildman–Crippen LogP) is 2.58. The molecule has 0 N–H and O–H groups in total. The Morgan fingerprint density at radius 2 is 2.04 bits per heavy atom. The Morgan fingerprint density at radius 1 is 1.29 bits per heavy atom. The fourth-order valence-electron chi connectivity index (χ4n) is 3.21. The maximum atomic E-state index is 12.2. The molecular weight excluding hydrogens is 304 g/mol. The molecule has 2 aromatic rings. The van der Waals surface area contributed by atoms with Gasteiger partial charge in [0.15, 0.2) is 5.76 Å². The molecule has 0 aliphatic carbocycles. The quantitative estimate of drug-likeness (QED) is 0.843. The molecule has 0 saturated carbocycles. The highest BCUT2D eigenvalue weighted by Gasteiger charge is 2.21. The van der Waals surface area contributed by atoms with Crippen molar-refractivity contribution >= 4 is 0 Å². The second kappa shape index (κ2) is 7.30. The Hall–Kier alpha value is -1.95. The summed E-state index contributed by atoms with van der Waals surface area (Å²) >= 11 is 0. The molecule has 1 fully saturated rings. The first kappa shape index (κ1) is 16.9. The number of hydrogen-bond donors (Lipinski definition) is 0. The zero-order chi connectivity index (χ0) is 17.1. The molecule has 0 bridgehead atoms. The average molecular weight is 330 g/mol. The van der Waals surface area contributed by atoms with Gasteiger partial charge in [-0.25, -0.2) is 4.98 Å². The Kier molecular flexibility index (Phi) is 5.14. The van der Waals surface area contributed by atoms with Crippen LogP contribution in [0, 0.1) is 12.8 Å². The lowest BCUT2D eigenvalue weighted by Gasteiger charge is -2.31. The smallest absolute Gasteiger partial charge is 0.253 e. The van der Waals surface area contributed by atoms with Crippen LogP contribution in [0.3, 0.4) is 0 Å². The van der Waals surface area contributed by atoms with Crippen molar-refractivity contribution in [2.45, 2.75) is 52.6 Å². The van der Waals surface area contributed by atoms with E-state index < -0.39 is 0 Å². The molecule has 6 nitrogen and oxygen atoms in total. The van der Waals surface area contributed by atoms with Crippen molar-refractivity contribution in [3.63, 3.8) is 0 Å². The van der Waals surface area contributed by atoms with E-state index in [1.54, 1.807) is 17.0 Å². The van der Waals surface area contributed by atoms with Crippen LogP contribution in [0.5, 0.6) is 0 Å². The van der Waals surface area contributed by atoms with E-state index in [4.69, 9.17) is 4.52 Å². The van der Waals surface area contributed by atoms with Crippen molar-refractivity contribution in [1.82, 2.24) is 19.6 Å². The maximum Gasteiger partial charge on any atom is 0.253 e. The van der Waals surface area contributed by atoms with Crippen molar-refractivity contribution < 1.29 is 4.52 Å². The van der Waals surface area contributed by atoms with Gasteiger partial charge in [0.05, 0.1) is 24.3 Å². The molecule has 3 rings (SSSR count). The van der Waals surface area contributed by atoms with Crippen LogP contribution in [0.25, 0.3) is 0 Å². The molecule has 130 valence electrons. The third kappa shape index (κ3) is 4.12. The van der Waals surface area contributed by atoms with E-state index in [0.29, 0.717) is 5.92 Å². The lowest BCUT2D eigenvalue weighted by Crippen LogP contribution is -2.36. The van der Waals surface area contributed by atoms with Gasteiger partial charge in [0.1, 0.15) is 0 Å². The molecule has 1 aliphatic rings. The molecule has 0 unspecified atom stereocenters. The van der Waals surface area contributed by atoms with Gasteiger partial charge in [-0.2, -0.15) is 0 Å². The lowest BCUT2D eigenvalue weighted by atomic mass is 9.96. The Bertz CT molecular complexity index is 727. The first-order valence-corrected chi connectivity index (χ1v) is 8.72. The van der Waals surface area contributed by atoms with Gasteiger partial charge >= 0.3 is 0 Å². The van der Waals surface area contributed by atoms with E-state index in [1.807, 2.05) is 13.0 Å². The molecule has 0 amide bonds. The van der Waals surface area contributed by atoms with Crippen LogP contribution in [0.15, 0.2) is 27.8 Å². The summed E-state index contributed by atoms with van der Waals surface area (Å²) in [5.41, 5.74) is 1.86. The molecule has 1 aliphatic heterocycles. The molecule has 6 heteroatoms. The normalized spacial score (nSPS) is 16.8. The molecular formula is C18H26N4O2. The molecule has 2 aromatic heterocycles. The van der Waals surface area contributed by atoms with E-state index in [9.17, 15) is 4.79 Å². The van der Waals surface area contributed by atoms with Gasteiger partial charge in [-0.15, -0.1) is 0 Å². The van der Waals surface area contributed by atoms with E-state index in [-0.39, 0.29) is 11.5 Å². The summed E-state index contributed by atoms with van der Waals surface area (Å²) in [5.74, 6) is 1.74. The Balaban J connectivity index is 1.53. The van der Waals surface area contributed by atoms with Crippen molar-refractivity contribution in [3.8, 4) is 0 Å². The molecule has 24 heavy (non-hydrogen) atoms. The number of piperidine rings is 1. The zero-order valence-corrected chi connectivity index (χ0v) is 14.7.